The summed E-state index contributed by atoms with van der Waals surface area (Å²) >= 11 is 6.07. The molecule has 4 nitrogen and oxygen atoms in total. The summed E-state index contributed by atoms with van der Waals surface area (Å²) in [4.78, 5) is 2.42. The molecule has 0 radical (unpaired) electrons. The first-order valence-corrected chi connectivity index (χ1v) is 10.9. The second-order valence-electron chi connectivity index (χ2n) is 8.40. The molecule has 5 heteroatoms. The number of nitrogens with zero attached hydrogens (tertiary/aromatic N) is 1. The van der Waals surface area contributed by atoms with Crippen molar-refractivity contribution in [2.24, 2.45) is 5.73 Å². The predicted octanol–water partition coefficient (Wildman–Crippen LogP) is 4.94. The van der Waals surface area contributed by atoms with E-state index in [1.165, 1.54) is 42.6 Å². The summed E-state index contributed by atoms with van der Waals surface area (Å²) < 4.78 is 0. The van der Waals surface area contributed by atoms with Crippen LogP contribution in [0.1, 0.15) is 54.8 Å². The number of piperidine rings is 1. The molecule has 1 saturated heterocycles. The zero-order chi connectivity index (χ0) is 20.4. The van der Waals surface area contributed by atoms with E-state index in [0.29, 0.717) is 5.92 Å². The molecule has 2 aromatic rings. The molecule has 0 aliphatic carbocycles. The quantitative estimate of drug-likeness (QED) is 0.670. The molecule has 29 heavy (non-hydrogen) atoms. The SMILES string of the molecule is C/C(N)=C1/NCCC(Nc2ccc(Cl)cc2)c2cc(C3CCN(C)CC3)ccc21. The Labute approximate surface area is 179 Å². The molecule has 2 aliphatic heterocycles. The minimum atomic E-state index is 0.224. The van der Waals surface area contributed by atoms with Gasteiger partial charge in [-0.15, -0.1) is 0 Å². The molecule has 0 aromatic heterocycles. The average Bonchev–Trinajstić information content (AvgIpc) is 2.89. The Morgan fingerprint density at radius 1 is 1.10 bits per heavy atom. The molecule has 0 amide bonds. The minimum Gasteiger partial charge on any atom is -0.401 e. The first-order chi connectivity index (χ1) is 14.0. The standard InChI is InChI=1S/C24H31ClN4/c1-16(26)24-21-8-3-18(17-10-13-29(2)14-11-17)15-22(21)23(9-12-27-24)28-20-6-4-19(25)5-7-20/h3-8,15,17,23,27-28H,9-14,26H2,1-2H3/b24-16-. The number of nitrogens with two attached hydrogens (primary N) is 1. The van der Waals surface area contributed by atoms with Gasteiger partial charge in [-0.05, 0) is 87.6 Å². The van der Waals surface area contributed by atoms with E-state index < -0.39 is 0 Å². The van der Waals surface area contributed by atoms with E-state index in [2.05, 4.69) is 40.8 Å². The van der Waals surface area contributed by atoms with Gasteiger partial charge in [0.15, 0.2) is 0 Å². The van der Waals surface area contributed by atoms with Crippen molar-refractivity contribution in [3.63, 3.8) is 0 Å². The van der Waals surface area contributed by atoms with Crippen LogP contribution in [0.15, 0.2) is 48.2 Å². The van der Waals surface area contributed by atoms with Crippen LogP contribution in [0.3, 0.4) is 0 Å². The molecular formula is C24H31ClN4. The number of allylic oxidation sites excluding steroid dienone is 1. The van der Waals surface area contributed by atoms with Crippen LogP contribution in [0.2, 0.25) is 5.02 Å². The van der Waals surface area contributed by atoms with Crippen molar-refractivity contribution in [1.82, 2.24) is 10.2 Å². The van der Waals surface area contributed by atoms with Crippen molar-refractivity contribution >= 4 is 23.0 Å². The van der Waals surface area contributed by atoms with Gasteiger partial charge in [0.1, 0.15) is 0 Å². The van der Waals surface area contributed by atoms with Crippen LogP contribution in [-0.4, -0.2) is 31.6 Å². The Hall–Kier alpha value is -2.17. The van der Waals surface area contributed by atoms with Crippen LogP contribution in [0.4, 0.5) is 5.69 Å². The molecule has 4 N–H and O–H groups in total. The maximum atomic E-state index is 6.24. The lowest BCUT2D eigenvalue weighted by molar-refractivity contribution is 0.255. The van der Waals surface area contributed by atoms with Gasteiger partial charge in [0, 0.05) is 28.5 Å². The zero-order valence-electron chi connectivity index (χ0n) is 17.3. The van der Waals surface area contributed by atoms with Crippen molar-refractivity contribution < 1.29 is 0 Å². The Balaban J connectivity index is 1.70. The smallest absolute Gasteiger partial charge is 0.0605 e. The Morgan fingerprint density at radius 3 is 2.52 bits per heavy atom. The summed E-state index contributed by atoms with van der Waals surface area (Å²) in [7, 11) is 2.21. The van der Waals surface area contributed by atoms with E-state index in [9.17, 15) is 0 Å². The molecule has 2 aromatic carbocycles. The number of hydrogen-bond donors (Lipinski definition) is 3. The van der Waals surface area contributed by atoms with Crippen molar-refractivity contribution in [3.05, 3.63) is 69.9 Å². The third-order valence-corrected chi connectivity index (χ3v) is 6.48. The lowest BCUT2D eigenvalue weighted by Gasteiger charge is -2.30. The van der Waals surface area contributed by atoms with E-state index in [-0.39, 0.29) is 6.04 Å². The fourth-order valence-electron chi connectivity index (χ4n) is 4.53. The van der Waals surface area contributed by atoms with E-state index in [1.54, 1.807) is 0 Å². The summed E-state index contributed by atoms with van der Waals surface area (Å²) in [5, 5.41) is 8.04. The average molecular weight is 411 g/mol. The number of rotatable bonds is 3. The summed E-state index contributed by atoms with van der Waals surface area (Å²) in [5.74, 6) is 0.635. The first-order valence-electron chi connectivity index (χ1n) is 10.6. The molecule has 0 bridgehead atoms. The topological polar surface area (TPSA) is 53.3 Å². The second kappa shape index (κ2) is 8.68. The van der Waals surface area contributed by atoms with Crippen molar-refractivity contribution in [2.45, 2.75) is 38.1 Å². The van der Waals surface area contributed by atoms with E-state index >= 15 is 0 Å². The maximum Gasteiger partial charge on any atom is 0.0605 e. The van der Waals surface area contributed by atoms with E-state index in [4.69, 9.17) is 17.3 Å². The van der Waals surface area contributed by atoms with Crippen LogP contribution < -0.4 is 16.4 Å². The fraction of sp³-hybridized carbons (Fsp3) is 0.417. The molecule has 1 atom stereocenters. The van der Waals surface area contributed by atoms with Crippen LogP contribution in [0.5, 0.6) is 0 Å². The number of benzene rings is 2. The number of anilines is 1. The molecule has 1 fully saturated rings. The molecule has 0 saturated carbocycles. The van der Waals surface area contributed by atoms with Gasteiger partial charge < -0.3 is 21.3 Å². The number of nitrogens with one attached hydrogen (secondary N) is 2. The molecule has 1 unspecified atom stereocenters. The minimum absolute atomic E-state index is 0.224. The number of fused-ring (bicyclic) bond motifs is 1. The van der Waals surface area contributed by atoms with Crippen LogP contribution >= 0.6 is 11.6 Å². The largest absolute Gasteiger partial charge is 0.401 e. The molecule has 154 valence electrons. The highest BCUT2D eigenvalue weighted by atomic mass is 35.5. The van der Waals surface area contributed by atoms with Crippen LogP contribution in [0.25, 0.3) is 5.70 Å². The summed E-state index contributed by atoms with van der Waals surface area (Å²) in [6.45, 7) is 5.20. The fourth-order valence-corrected chi connectivity index (χ4v) is 4.66. The van der Waals surface area contributed by atoms with Crippen molar-refractivity contribution in [1.29, 1.82) is 0 Å². The van der Waals surface area contributed by atoms with Crippen LogP contribution in [-0.2, 0) is 0 Å². The number of likely N-dealkylation sites (tertiary alicyclic amines) is 1. The van der Waals surface area contributed by atoms with Gasteiger partial charge >= 0.3 is 0 Å². The molecule has 2 heterocycles. The van der Waals surface area contributed by atoms with Crippen molar-refractivity contribution in [2.75, 3.05) is 32.0 Å². The Kier molecular flexibility index (Phi) is 6.02. The Bertz CT molecular complexity index is 878. The highest BCUT2D eigenvalue weighted by molar-refractivity contribution is 6.30. The van der Waals surface area contributed by atoms with Gasteiger partial charge in [0.2, 0.25) is 0 Å². The van der Waals surface area contributed by atoms with E-state index in [0.717, 1.165) is 35.1 Å². The van der Waals surface area contributed by atoms with Gasteiger partial charge in [-0.25, -0.2) is 0 Å². The Morgan fingerprint density at radius 2 is 1.83 bits per heavy atom. The lowest BCUT2D eigenvalue weighted by Crippen LogP contribution is -2.29. The second-order valence-corrected chi connectivity index (χ2v) is 8.84. The monoisotopic (exact) mass is 410 g/mol. The molecule has 4 rings (SSSR count). The van der Waals surface area contributed by atoms with E-state index in [1.807, 2.05) is 31.2 Å². The van der Waals surface area contributed by atoms with Gasteiger partial charge in [-0.3, -0.25) is 0 Å². The number of hydrogen-bond acceptors (Lipinski definition) is 4. The van der Waals surface area contributed by atoms with Gasteiger partial charge in [0.05, 0.1) is 11.7 Å². The normalized spacial score (nSPS) is 22.4. The van der Waals surface area contributed by atoms with Gasteiger partial charge in [0.25, 0.3) is 0 Å². The zero-order valence-corrected chi connectivity index (χ0v) is 18.1. The summed E-state index contributed by atoms with van der Waals surface area (Å²) in [6.07, 6.45) is 3.44. The molecular weight excluding hydrogens is 380 g/mol. The molecule has 2 aliphatic rings. The highest BCUT2D eigenvalue weighted by Crippen LogP contribution is 2.36. The van der Waals surface area contributed by atoms with Gasteiger partial charge in [-0.2, -0.15) is 0 Å². The van der Waals surface area contributed by atoms with Crippen LogP contribution in [0, 0.1) is 0 Å². The summed E-state index contributed by atoms with van der Waals surface area (Å²) in [6, 6.07) is 15.2. The predicted molar refractivity (Wildman–Crippen MR) is 123 cm³/mol. The third-order valence-electron chi connectivity index (χ3n) is 6.22. The highest BCUT2D eigenvalue weighted by Gasteiger charge is 2.25. The maximum absolute atomic E-state index is 6.24. The first kappa shape index (κ1) is 20.1. The lowest BCUT2D eigenvalue weighted by atomic mass is 9.85. The van der Waals surface area contributed by atoms with Crippen molar-refractivity contribution in [3.8, 4) is 0 Å². The number of halogens is 1. The van der Waals surface area contributed by atoms with Gasteiger partial charge in [-0.1, -0.05) is 29.8 Å². The molecule has 0 spiro atoms. The third kappa shape index (κ3) is 4.54. The summed E-state index contributed by atoms with van der Waals surface area (Å²) in [5.41, 5.74) is 13.2.